The minimum Gasteiger partial charge on any atom is -0.371 e. The predicted molar refractivity (Wildman–Crippen MR) is 119 cm³/mol. The number of halogens is 1. The van der Waals surface area contributed by atoms with Crippen molar-refractivity contribution < 1.29 is 9.53 Å². The molecular weight excluding hydrogens is 430 g/mol. The van der Waals surface area contributed by atoms with Crippen molar-refractivity contribution >= 4 is 27.5 Å². The number of benzene rings is 2. The first-order valence-corrected chi connectivity index (χ1v) is 11.1. The molecule has 154 valence electrons. The molecule has 6 heteroatoms. The number of piperazine rings is 1. The number of aryl methyl sites for hydroxylation is 1. The zero-order valence-corrected chi connectivity index (χ0v) is 18.5. The number of anilines is 1. The molecule has 2 aromatic rings. The molecule has 0 spiro atoms. The Kier molecular flexibility index (Phi) is 6.53. The average molecular weight is 458 g/mol. The summed E-state index contributed by atoms with van der Waals surface area (Å²) >= 11 is 3.53. The molecule has 2 aliphatic heterocycles. The van der Waals surface area contributed by atoms with E-state index in [4.69, 9.17) is 4.74 Å². The van der Waals surface area contributed by atoms with Gasteiger partial charge < -0.3 is 14.5 Å². The molecule has 2 saturated heterocycles. The van der Waals surface area contributed by atoms with Crippen LogP contribution in [0.4, 0.5) is 5.69 Å². The van der Waals surface area contributed by atoms with Gasteiger partial charge in [0.05, 0.1) is 19.3 Å². The lowest BCUT2D eigenvalue weighted by atomic mass is 10.1. The van der Waals surface area contributed by atoms with Crippen molar-refractivity contribution in [2.75, 3.05) is 57.3 Å². The van der Waals surface area contributed by atoms with Crippen LogP contribution in [0, 0.1) is 6.92 Å². The van der Waals surface area contributed by atoms with Gasteiger partial charge in [-0.05, 0) is 42.3 Å². The Balaban J connectivity index is 1.29. The Labute approximate surface area is 181 Å². The Hall–Kier alpha value is -1.89. The Morgan fingerprint density at radius 2 is 1.86 bits per heavy atom. The summed E-state index contributed by atoms with van der Waals surface area (Å²) in [7, 11) is 0. The van der Waals surface area contributed by atoms with E-state index in [0.29, 0.717) is 13.2 Å². The van der Waals surface area contributed by atoms with Gasteiger partial charge in [-0.25, -0.2) is 0 Å². The summed E-state index contributed by atoms with van der Waals surface area (Å²) in [4.78, 5) is 19.5. The highest BCUT2D eigenvalue weighted by Crippen LogP contribution is 2.25. The molecule has 2 aromatic carbocycles. The summed E-state index contributed by atoms with van der Waals surface area (Å²) in [5.41, 5.74) is 3.68. The molecule has 0 aromatic heterocycles. The highest BCUT2D eigenvalue weighted by atomic mass is 79.9. The minimum absolute atomic E-state index is 0.0206. The van der Waals surface area contributed by atoms with E-state index in [0.717, 1.165) is 49.3 Å². The topological polar surface area (TPSA) is 36.0 Å². The van der Waals surface area contributed by atoms with Crippen LogP contribution in [0.1, 0.15) is 17.2 Å². The first-order valence-electron chi connectivity index (χ1n) is 10.3. The lowest BCUT2D eigenvalue weighted by Crippen LogP contribution is -2.52. The number of rotatable bonds is 4. The highest BCUT2D eigenvalue weighted by Gasteiger charge is 2.27. The molecule has 2 aliphatic rings. The number of hydrogen-bond donors (Lipinski definition) is 0. The third kappa shape index (κ3) is 5.18. The van der Waals surface area contributed by atoms with Gasteiger partial charge in [0.15, 0.2) is 0 Å². The van der Waals surface area contributed by atoms with Gasteiger partial charge in [-0.15, -0.1) is 0 Å². The fraction of sp³-hybridized carbons (Fsp3) is 0.435. The van der Waals surface area contributed by atoms with E-state index in [1.807, 2.05) is 17.0 Å². The van der Waals surface area contributed by atoms with Crippen molar-refractivity contribution in [3.05, 3.63) is 64.1 Å². The van der Waals surface area contributed by atoms with Crippen LogP contribution >= 0.6 is 15.9 Å². The molecule has 0 saturated carbocycles. The summed E-state index contributed by atoms with van der Waals surface area (Å²) in [6, 6.07) is 16.8. The zero-order valence-electron chi connectivity index (χ0n) is 16.9. The quantitative estimate of drug-likeness (QED) is 0.703. The van der Waals surface area contributed by atoms with Gasteiger partial charge in [0, 0.05) is 49.4 Å². The molecule has 5 nitrogen and oxygen atoms in total. The number of morpholine rings is 1. The van der Waals surface area contributed by atoms with E-state index < -0.39 is 0 Å². The molecule has 1 amide bonds. The van der Waals surface area contributed by atoms with Gasteiger partial charge >= 0.3 is 0 Å². The first-order chi connectivity index (χ1) is 14.1. The van der Waals surface area contributed by atoms with Crippen LogP contribution in [-0.4, -0.2) is 68.1 Å². The fourth-order valence-corrected chi connectivity index (χ4v) is 4.50. The first kappa shape index (κ1) is 20.4. The summed E-state index contributed by atoms with van der Waals surface area (Å²) in [5.74, 6) is 0.226. The van der Waals surface area contributed by atoms with E-state index in [-0.39, 0.29) is 12.0 Å². The zero-order chi connectivity index (χ0) is 20.2. The van der Waals surface area contributed by atoms with Crippen molar-refractivity contribution in [3.63, 3.8) is 0 Å². The molecule has 2 fully saturated rings. The fourth-order valence-electron chi connectivity index (χ4n) is 4.08. The maximum atomic E-state index is 12.9. The van der Waals surface area contributed by atoms with Crippen LogP contribution in [0.5, 0.6) is 0 Å². The van der Waals surface area contributed by atoms with Gasteiger partial charge in [0.2, 0.25) is 5.91 Å². The SMILES string of the molecule is Cc1cccc(N2CCN(C(=O)CN3CCOC(c4cccc(Br)c4)C3)CC2)c1. The Morgan fingerprint density at radius 3 is 2.62 bits per heavy atom. The van der Waals surface area contributed by atoms with E-state index in [2.05, 4.69) is 69.1 Å². The molecule has 2 heterocycles. The second kappa shape index (κ2) is 9.28. The number of hydrogen-bond acceptors (Lipinski definition) is 4. The molecule has 1 unspecified atom stereocenters. The number of amides is 1. The van der Waals surface area contributed by atoms with Gasteiger partial charge in [-0.2, -0.15) is 0 Å². The molecule has 1 atom stereocenters. The van der Waals surface area contributed by atoms with Crippen molar-refractivity contribution in [1.82, 2.24) is 9.80 Å². The summed E-state index contributed by atoms with van der Waals surface area (Å²) in [6.07, 6.45) is 0.0206. The molecule has 29 heavy (non-hydrogen) atoms. The third-order valence-electron chi connectivity index (χ3n) is 5.73. The van der Waals surface area contributed by atoms with E-state index in [1.54, 1.807) is 0 Å². The van der Waals surface area contributed by atoms with Gasteiger partial charge in [0.1, 0.15) is 0 Å². The van der Waals surface area contributed by atoms with Gasteiger partial charge in [0.25, 0.3) is 0 Å². The normalized spacial score (nSPS) is 20.7. The Bertz CT molecular complexity index is 852. The lowest BCUT2D eigenvalue weighted by Gasteiger charge is -2.38. The van der Waals surface area contributed by atoms with E-state index >= 15 is 0 Å². The van der Waals surface area contributed by atoms with Crippen molar-refractivity contribution in [1.29, 1.82) is 0 Å². The van der Waals surface area contributed by atoms with Crippen molar-refractivity contribution in [2.45, 2.75) is 13.0 Å². The Morgan fingerprint density at radius 1 is 1.07 bits per heavy atom. The second-order valence-electron chi connectivity index (χ2n) is 7.86. The lowest BCUT2D eigenvalue weighted by molar-refractivity contribution is -0.134. The van der Waals surface area contributed by atoms with Crippen LogP contribution in [0.2, 0.25) is 0 Å². The summed E-state index contributed by atoms with van der Waals surface area (Å²) in [6.45, 7) is 8.15. The number of carbonyl (C=O) groups excluding carboxylic acids is 1. The van der Waals surface area contributed by atoms with Crippen LogP contribution in [0.15, 0.2) is 53.0 Å². The van der Waals surface area contributed by atoms with Crippen LogP contribution in [0.25, 0.3) is 0 Å². The maximum Gasteiger partial charge on any atom is 0.236 e. The van der Waals surface area contributed by atoms with Gasteiger partial charge in [-0.3, -0.25) is 9.69 Å². The summed E-state index contributed by atoms with van der Waals surface area (Å²) < 4.78 is 7.01. The molecule has 0 aliphatic carbocycles. The molecule has 4 rings (SSSR count). The maximum absolute atomic E-state index is 12.9. The van der Waals surface area contributed by atoms with Gasteiger partial charge in [-0.1, -0.05) is 40.2 Å². The smallest absolute Gasteiger partial charge is 0.236 e. The standard InChI is InChI=1S/C23H28BrN3O2/c1-18-4-2-7-21(14-18)26-8-10-27(11-9-26)23(28)17-25-12-13-29-22(16-25)19-5-3-6-20(24)15-19/h2-7,14-15,22H,8-13,16-17H2,1H3. The van der Waals surface area contributed by atoms with Crippen LogP contribution in [0.3, 0.4) is 0 Å². The van der Waals surface area contributed by atoms with E-state index in [9.17, 15) is 4.79 Å². The van der Waals surface area contributed by atoms with E-state index in [1.165, 1.54) is 11.3 Å². The largest absolute Gasteiger partial charge is 0.371 e. The van der Waals surface area contributed by atoms with Crippen molar-refractivity contribution in [2.24, 2.45) is 0 Å². The monoisotopic (exact) mass is 457 g/mol. The molecule has 0 radical (unpaired) electrons. The number of ether oxygens (including phenoxy) is 1. The summed E-state index contributed by atoms with van der Waals surface area (Å²) in [5, 5.41) is 0. The molecule has 0 N–H and O–H groups in total. The predicted octanol–water partition coefficient (Wildman–Crippen LogP) is 3.48. The highest BCUT2D eigenvalue weighted by molar-refractivity contribution is 9.10. The van der Waals surface area contributed by atoms with Crippen molar-refractivity contribution in [3.8, 4) is 0 Å². The van der Waals surface area contributed by atoms with Crippen LogP contribution < -0.4 is 4.90 Å². The molecular formula is C23H28BrN3O2. The third-order valence-corrected chi connectivity index (χ3v) is 6.22. The second-order valence-corrected chi connectivity index (χ2v) is 8.77. The number of carbonyl (C=O) groups is 1. The van der Waals surface area contributed by atoms with Crippen LogP contribution in [-0.2, 0) is 9.53 Å². The average Bonchev–Trinajstić information content (AvgIpc) is 2.74. The number of nitrogens with zero attached hydrogens (tertiary/aromatic N) is 3. The minimum atomic E-state index is 0.0206. The molecule has 0 bridgehead atoms.